The number of halogens is 5. The van der Waals surface area contributed by atoms with Gasteiger partial charge in [-0.15, -0.1) is 12.4 Å². The molecule has 0 unspecified atom stereocenters. The zero-order chi connectivity index (χ0) is 14.3. The minimum atomic E-state index is -1.24. The van der Waals surface area contributed by atoms with Crippen molar-refractivity contribution in [3.63, 3.8) is 0 Å². The topological polar surface area (TPSA) is 12.0 Å². The van der Waals surface area contributed by atoms with Crippen molar-refractivity contribution in [3.05, 3.63) is 58.7 Å². The van der Waals surface area contributed by atoms with Crippen LogP contribution in [0.2, 0.25) is 0 Å². The van der Waals surface area contributed by atoms with Gasteiger partial charge in [0.15, 0.2) is 11.6 Å². The van der Waals surface area contributed by atoms with E-state index in [2.05, 4.69) is 5.32 Å². The van der Waals surface area contributed by atoms with Crippen LogP contribution >= 0.6 is 12.4 Å². The molecular weight excluding hydrogens is 306 g/mol. The molecule has 112 valence electrons. The molecule has 0 saturated heterocycles. The maximum atomic E-state index is 13.9. The molecule has 6 heteroatoms. The second-order valence-electron chi connectivity index (χ2n) is 4.72. The fourth-order valence-electron chi connectivity index (χ4n) is 2.54. The summed E-state index contributed by atoms with van der Waals surface area (Å²) >= 11 is 0. The maximum Gasteiger partial charge on any atom is 0.161 e. The fourth-order valence-corrected chi connectivity index (χ4v) is 2.54. The molecular formula is C15H12ClF4N. The molecule has 1 heterocycles. The van der Waals surface area contributed by atoms with E-state index in [4.69, 9.17) is 0 Å². The van der Waals surface area contributed by atoms with E-state index in [9.17, 15) is 17.6 Å². The minimum absolute atomic E-state index is 0. The zero-order valence-corrected chi connectivity index (χ0v) is 11.7. The van der Waals surface area contributed by atoms with Crippen LogP contribution in [0.4, 0.5) is 17.6 Å². The Balaban J connectivity index is 0.00000161. The van der Waals surface area contributed by atoms with E-state index < -0.39 is 17.5 Å². The average Bonchev–Trinajstić information content (AvgIpc) is 2.44. The molecule has 2 aromatic carbocycles. The van der Waals surface area contributed by atoms with Crippen molar-refractivity contribution < 1.29 is 17.6 Å². The summed E-state index contributed by atoms with van der Waals surface area (Å²) in [6.45, 7) is 1.01. The minimum Gasteiger partial charge on any atom is -0.312 e. The second kappa shape index (κ2) is 6.03. The highest BCUT2D eigenvalue weighted by molar-refractivity contribution is 5.85. The number of hydrogen-bond donors (Lipinski definition) is 1. The first kappa shape index (κ1) is 15.8. The Morgan fingerprint density at radius 3 is 2.24 bits per heavy atom. The lowest BCUT2D eigenvalue weighted by molar-refractivity contribution is 0.496. The van der Waals surface area contributed by atoms with Crippen LogP contribution in [0.5, 0.6) is 0 Å². The van der Waals surface area contributed by atoms with Crippen LogP contribution in [-0.2, 0) is 13.0 Å². The Labute approximate surface area is 125 Å². The molecule has 2 aromatic rings. The third-order valence-electron chi connectivity index (χ3n) is 3.53. The summed E-state index contributed by atoms with van der Waals surface area (Å²) in [7, 11) is 0. The Morgan fingerprint density at radius 2 is 1.48 bits per heavy atom. The summed E-state index contributed by atoms with van der Waals surface area (Å²) in [4.78, 5) is 0. The number of hydrogen-bond acceptors (Lipinski definition) is 1. The molecule has 1 aliphatic rings. The molecule has 1 nitrogen and oxygen atoms in total. The third-order valence-corrected chi connectivity index (χ3v) is 3.53. The summed E-state index contributed by atoms with van der Waals surface area (Å²) < 4.78 is 53.9. The molecule has 0 atom stereocenters. The van der Waals surface area contributed by atoms with E-state index in [1.807, 2.05) is 0 Å². The van der Waals surface area contributed by atoms with E-state index >= 15 is 0 Å². The Morgan fingerprint density at radius 1 is 0.762 bits per heavy atom. The standard InChI is InChI=1S/C15H11F4N.ClH/c16-12-2-1-8(11-7-20-4-3-9(11)12)10-5-14(18)15(19)6-13(10)17;/h1-2,5-6,20H,3-4,7H2;1H. The quantitative estimate of drug-likeness (QED) is 0.620. The van der Waals surface area contributed by atoms with Crippen molar-refractivity contribution in [2.24, 2.45) is 0 Å². The van der Waals surface area contributed by atoms with Crippen LogP contribution in [0.1, 0.15) is 11.1 Å². The van der Waals surface area contributed by atoms with Crippen LogP contribution in [0.15, 0.2) is 24.3 Å². The van der Waals surface area contributed by atoms with Crippen molar-refractivity contribution in [2.75, 3.05) is 6.54 Å². The van der Waals surface area contributed by atoms with Gasteiger partial charge in [0.1, 0.15) is 11.6 Å². The molecule has 0 fully saturated rings. The summed E-state index contributed by atoms with van der Waals surface area (Å²) in [6.07, 6.45) is 0.486. The lowest BCUT2D eigenvalue weighted by atomic mass is 9.91. The Hall–Kier alpha value is -1.59. The van der Waals surface area contributed by atoms with Crippen LogP contribution in [0, 0.1) is 23.3 Å². The maximum absolute atomic E-state index is 13.9. The predicted molar refractivity (Wildman–Crippen MR) is 74.4 cm³/mol. The molecule has 21 heavy (non-hydrogen) atoms. The summed E-state index contributed by atoms with van der Waals surface area (Å²) in [6, 6.07) is 3.96. The van der Waals surface area contributed by atoms with Gasteiger partial charge in [-0.2, -0.15) is 0 Å². The summed E-state index contributed by atoms with van der Waals surface area (Å²) in [5.74, 6) is -3.57. The second-order valence-corrected chi connectivity index (χ2v) is 4.72. The number of nitrogens with one attached hydrogen (secondary N) is 1. The fraction of sp³-hybridized carbons (Fsp3) is 0.200. The first-order chi connectivity index (χ1) is 9.58. The van der Waals surface area contributed by atoms with Gasteiger partial charge in [0.2, 0.25) is 0 Å². The van der Waals surface area contributed by atoms with Gasteiger partial charge in [0.25, 0.3) is 0 Å². The number of rotatable bonds is 1. The first-order valence-electron chi connectivity index (χ1n) is 6.24. The van der Waals surface area contributed by atoms with E-state index in [-0.39, 0.29) is 23.8 Å². The molecule has 0 radical (unpaired) electrons. The van der Waals surface area contributed by atoms with E-state index in [0.717, 1.165) is 6.07 Å². The number of fused-ring (bicyclic) bond motifs is 1. The van der Waals surface area contributed by atoms with Crippen LogP contribution in [-0.4, -0.2) is 6.54 Å². The van der Waals surface area contributed by atoms with Gasteiger partial charge in [-0.1, -0.05) is 6.07 Å². The van der Waals surface area contributed by atoms with Crippen molar-refractivity contribution >= 4 is 12.4 Å². The molecule has 0 amide bonds. The van der Waals surface area contributed by atoms with Crippen LogP contribution in [0.25, 0.3) is 11.1 Å². The third kappa shape index (κ3) is 2.76. The molecule has 1 aliphatic heterocycles. The molecule has 0 aliphatic carbocycles. The largest absolute Gasteiger partial charge is 0.312 e. The Kier molecular flexibility index (Phi) is 4.54. The van der Waals surface area contributed by atoms with E-state index in [1.54, 1.807) is 0 Å². The van der Waals surface area contributed by atoms with Crippen molar-refractivity contribution in [1.29, 1.82) is 0 Å². The molecule has 0 bridgehead atoms. The molecule has 3 rings (SSSR count). The van der Waals surface area contributed by atoms with Gasteiger partial charge >= 0.3 is 0 Å². The smallest absolute Gasteiger partial charge is 0.161 e. The highest BCUT2D eigenvalue weighted by Gasteiger charge is 2.20. The van der Waals surface area contributed by atoms with Gasteiger partial charge in [-0.25, -0.2) is 17.6 Å². The average molecular weight is 318 g/mol. The molecule has 0 saturated carbocycles. The monoisotopic (exact) mass is 317 g/mol. The lowest BCUT2D eigenvalue weighted by Crippen LogP contribution is -2.25. The molecule has 1 N–H and O–H groups in total. The number of benzene rings is 2. The van der Waals surface area contributed by atoms with Gasteiger partial charge in [0.05, 0.1) is 0 Å². The lowest BCUT2D eigenvalue weighted by Gasteiger charge is -2.21. The van der Waals surface area contributed by atoms with Gasteiger partial charge < -0.3 is 5.32 Å². The van der Waals surface area contributed by atoms with Gasteiger partial charge in [-0.05, 0) is 41.8 Å². The van der Waals surface area contributed by atoms with Crippen LogP contribution in [0.3, 0.4) is 0 Å². The van der Waals surface area contributed by atoms with E-state index in [1.165, 1.54) is 12.1 Å². The predicted octanol–water partition coefficient (Wildman–Crippen LogP) is 3.98. The van der Waals surface area contributed by atoms with Crippen molar-refractivity contribution in [2.45, 2.75) is 13.0 Å². The zero-order valence-electron chi connectivity index (χ0n) is 10.9. The summed E-state index contributed by atoms with van der Waals surface area (Å²) in [5.41, 5.74) is 1.44. The Bertz CT molecular complexity index is 688. The first-order valence-corrected chi connectivity index (χ1v) is 6.24. The summed E-state index contributed by atoms with van der Waals surface area (Å²) in [5, 5.41) is 3.07. The SMILES string of the molecule is Cl.Fc1cc(F)c(-c2ccc(F)c3c2CNCC3)cc1F. The highest BCUT2D eigenvalue weighted by atomic mass is 35.5. The van der Waals surface area contributed by atoms with Crippen molar-refractivity contribution in [1.82, 2.24) is 5.32 Å². The van der Waals surface area contributed by atoms with Crippen molar-refractivity contribution in [3.8, 4) is 11.1 Å². The van der Waals surface area contributed by atoms with Gasteiger partial charge in [-0.3, -0.25) is 0 Å². The highest BCUT2D eigenvalue weighted by Crippen LogP contribution is 2.32. The molecule has 0 spiro atoms. The van der Waals surface area contributed by atoms with Gasteiger partial charge in [0, 0.05) is 18.2 Å². The molecule has 0 aromatic heterocycles. The normalized spacial score (nSPS) is 13.5. The van der Waals surface area contributed by atoms with E-state index in [0.29, 0.717) is 42.3 Å². The van der Waals surface area contributed by atoms with Crippen LogP contribution < -0.4 is 5.32 Å².